The fraction of sp³-hybridized carbons (Fsp3) is 0.550. The predicted molar refractivity (Wildman–Crippen MR) is 101 cm³/mol. The van der Waals surface area contributed by atoms with E-state index in [1.807, 2.05) is 6.92 Å². The Morgan fingerprint density at radius 2 is 1.75 bits per heavy atom. The Labute approximate surface area is 163 Å². The minimum atomic E-state index is -1.49. The lowest BCUT2D eigenvalue weighted by molar-refractivity contribution is -0.278. The monoisotopic (exact) mass is 392 g/mol. The number of ether oxygens (including phenoxy) is 2. The van der Waals surface area contributed by atoms with Gasteiger partial charge in [-0.3, -0.25) is 5.10 Å². The molecule has 2 aromatic rings. The number of hydrogen-bond donors (Lipinski definition) is 5. The number of aliphatic hydroxyl groups excluding tert-OH is 4. The van der Waals surface area contributed by atoms with Gasteiger partial charge in [0.15, 0.2) is 0 Å². The summed E-state index contributed by atoms with van der Waals surface area (Å²) in [6.45, 7) is 3.50. The Bertz CT molecular complexity index is 761. The maximum Gasteiger partial charge on any atom is 0.238 e. The van der Waals surface area contributed by atoms with Crippen molar-refractivity contribution in [2.24, 2.45) is 0 Å². The van der Waals surface area contributed by atoms with Gasteiger partial charge in [-0.15, -0.1) is 5.10 Å². The molecule has 0 radical (unpaired) electrons. The summed E-state index contributed by atoms with van der Waals surface area (Å²) in [6.07, 6.45) is -3.99. The van der Waals surface area contributed by atoms with Crippen molar-refractivity contribution in [3.63, 3.8) is 0 Å². The molecular weight excluding hydrogens is 364 g/mol. The molecule has 0 bridgehead atoms. The lowest BCUT2D eigenvalue weighted by atomic mass is 9.99. The Hall–Kier alpha value is -1.97. The fourth-order valence-electron chi connectivity index (χ4n) is 3.33. The first-order valence-corrected chi connectivity index (χ1v) is 9.53. The highest BCUT2D eigenvalue weighted by atomic mass is 16.7. The van der Waals surface area contributed by atoms with Crippen LogP contribution in [0.2, 0.25) is 0 Å². The third-order valence-corrected chi connectivity index (χ3v) is 5.05. The number of aryl methyl sites for hydroxylation is 2. The van der Waals surface area contributed by atoms with E-state index in [9.17, 15) is 20.4 Å². The first-order valence-electron chi connectivity index (χ1n) is 9.53. The van der Waals surface area contributed by atoms with E-state index in [-0.39, 0.29) is 5.88 Å². The van der Waals surface area contributed by atoms with Gasteiger partial charge in [0.1, 0.15) is 24.4 Å². The minimum Gasteiger partial charge on any atom is -0.443 e. The summed E-state index contributed by atoms with van der Waals surface area (Å²) in [4.78, 5) is 0. The second kappa shape index (κ2) is 9.02. The summed E-state index contributed by atoms with van der Waals surface area (Å²) in [5.41, 5.74) is 3.99. The van der Waals surface area contributed by atoms with Gasteiger partial charge in [-0.1, -0.05) is 37.6 Å². The molecule has 0 saturated carbocycles. The Balaban J connectivity index is 1.75. The van der Waals surface area contributed by atoms with E-state index in [1.165, 1.54) is 5.56 Å². The van der Waals surface area contributed by atoms with E-state index >= 15 is 0 Å². The van der Waals surface area contributed by atoms with Gasteiger partial charge in [-0.05, 0) is 24.5 Å². The molecule has 154 valence electrons. The molecule has 28 heavy (non-hydrogen) atoms. The van der Waals surface area contributed by atoms with Crippen molar-refractivity contribution in [1.29, 1.82) is 0 Å². The Kier molecular flexibility index (Phi) is 6.69. The molecule has 1 aromatic heterocycles. The number of aromatic amines is 1. The predicted octanol–water partition coefficient (Wildman–Crippen LogP) is 0.440. The highest BCUT2D eigenvalue weighted by Gasteiger charge is 2.45. The SMILES string of the molecule is CCCc1ccc(Cc2c(O[C@H]3O[C@H](CO)[C@@H](O)[C@H](O)[C@H]3O)n[nH]c2C)cc1. The van der Waals surface area contributed by atoms with Crippen LogP contribution in [0.3, 0.4) is 0 Å². The summed E-state index contributed by atoms with van der Waals surface area (Å²) in [6, 6.07) is 8.34. The first-order chi connectivity index (χ1) is 13.4. The third kappa shape index (κ3) is 4.37. The van der Waals surface area contributed by atoms with Gasteiger partial charge in [0.2, 0.25) is 12.2 Å². The number of nitrogens with one attached hydrogen (secondary N) is 1. The van der Waals surface area contributed by atoms with Gasteiger partial charge in [0, 0.05) is 17.7 Å². The normalized spacial score (nSPS) is 27.7. The van der Waals surface area contributed by atoms with E-state index in [4.69, 9.17) is 9.47 Å². The molecule has 2 heterocycles. The van der Waals surface area contributed by atoms with Crippen molar-refractivity contribution in [3.8, 4) is 5.88 Å². The van der Waals surface area contributed by atoms with Crippen molar-refractivity contribution in [1.82, 2.24) is 10.2 Å². The highest BCUT2D eigenvalue weighted by molar-refractivity contribution is 5.36. The fourth-order valence-corrected chi connectivity index (χ4v) is 3.33. The van der Waals surface area contributed by atoms with Gasteiger partial charge < -0.3 is 29.9 Å². The Morgan fingerprint density at radius 1 is 1.07 bits per heavy atom. The number of nitrogens with zero attached hydrogens (tertiary/aromatic N) is 1. The number of benzene rings is 1. The van der Waals surface area contributed by atoms with Crippen LogP contribution in [-0.2, 0) is 17.6 Å². The molecular formula is C20H28N2O6. The topological polar surface area (TPSA) is 128 Å². The average molecular weight is 392 g/mol. The van der Waals surface area contributed by atoms with Crippen LogP contribution in [0, 0.1) is 6.92 Å². The first kappa shape index (κ1) is 20.8. The van der Waals surface area contributed by atoms with Gasteiger partial charge in [-0.2, -0.15) is 0 Å². The van der Waals surface area contributed by atoms with Crippen molar-refractivity contribution in [2.75, 3.05) is 6.61 Å². The summed E-state index contributed by atoms with van der Waals surface area (Å²) in [5, 5.41) is 46.3. The van der Waals surface area contributed by atoms with Crippen LogP contribution >= 0.6 is 0 Å². The molecule has 1 aliphatic heterocycles. The molecule has 0 aliphatic carbocycles. The highest BCUT2D eigenvalue weighted by Crippen LogP contribution is 2.28. The molecule has 0 unspecified atom stereocenters. The van der Waals surface area contributed by atoms with E-state index in [1.54, 1.807) is 0 Å². The van der Waals surface area contributed by atoms with Crippen LogP contribution in [0.5, 0.6) is 5.88 Å². The zero-order chi connectivity index (χ0) is 20.3. The minimum absolute atomic E-state index is 0.250. The molecule has 0 spiro atoms. The average Bonchev–Trinajstić information content (AvgIpc) is 3.03. The number of hydrogen-bond acceptors (Lipinski definition) is 7. The van der Waals surface area contributed by atoms with Crippen LogP contribution in [-0.4, -0.2) is 67.9 Å². The number of aromatic nitrogens is 2. The van der Waals surface area contributed by atoms with Gasteiger partial charge >= 0.3 is 0 Å². The third-order valence-electron chi connectivity index (χ3n) is 5.05. The lowest BCUT2D eigenvalue weighted by Gasteiger charge is -2.39. The smallest absolute Gasteiger partial charge is 0.238 e. The number of aliphatic hydroxyl groups is 4. The van der Waals surface area contributed by atoms with Crippen molar-refractivity contribution < 1.29 is 29.9 Å². The molecule has 3 rings (SSSR count). The second-order valence-corrected chi connectivity index (χ2v) is 7.19. The molecule has 0 amide bonds. The number of H-pyrrole nitrogens is 1. The maximum absolute atomic E-state index is 10.2. The summed E-state index contributed by atoms with van der Waals surface area (Å²) < 4.78 is 11.1. The summed E-state index contributed by atoms with van der Waals surface area (Å²) >= 11 is 0. The number of rotatable bonds is 7. The van der Waals surface area contributed by atoms with Crippen LogP contribution < -0.4 is 4.74 Å². The van der Waals surface area contributed by atoms with Crippen molar-refractivity contribution >= 4 is 0 Å². The molecule has 5 atom stereocenters. The van der Waals surface area contributed by atoms with E-state index in [2.05, 4.69) is 41.4 Å². The second-order valence-electron chi connectivity index (χ2n) is 7.19. The van der Waals surface area contributed by atoms with Gasteiger partial charge in [0.05, 0.1) is 6.61 Å². The van der Waals surface area contributed by atoms with Gasteiger partial charge in [0.25, 0.3) is 0 Å². The Morgan fingerprint density at radius 3 is 2.39 bits per heavy atom. The lowest BCUT2D eigenvalue weighted by Crippen LogP contribution is -2.60. The molecule has 1 aliphatic rings. The van der Waals surface area contributed by atoms with E-state index < -0.39 is 37.3 Å². The van der Waals surface area contributed by atoms with E-state index in [0.29, 0.717) is 6.42 Å². The molecule has 1 fully saturated rings. The quantitative estimate of drug-likeness (QED) is 0.462. The largest absolute Gasteiger partial charge is 0.443 e. The van der Waals surface area contributed by atoms with Crippen LogP contribution in [0.4, 0.5) is 0 Å². The molecule has 5 N–H and O–H groups in total. The van der Waals surface area contributed by atoms with Crippen molar-refractivity contribution in [3.05, 3.63) is 46.6 Å². The molecule has 1 saturated heterocycles. The van der Waals surface area contributed by atoms with E-state index in [0.717, 1.165) is 29.7 Å². The zero-order valence-corrected chi connectivity index (χ0v) is 16.1. The zero-order valence-electron chi connectivity index (χ0n) is 16.1. The molecule has 1 aromatic carbocycles. The summed E-state index contributed by atoms with van der Waals surface area (Å²) in [7, 11) is 0. The van der Waals surface area contributed by atoms with Crippen LogP contribution in [0.25, 0.3) is 0 Å². The van der Waals surface area contributed by atoms with Crippen molar-refractivity contribution in [2.45, 2.75) is 63.8 Å². The standard InChI is InChI=1S/C20H28N2O6/c1-3-4-12-5-7-13(8-6-12)9-14-11(2)21-22-19(14)28-20-18(26)17(25)16(24)15(10-23)27-20/h5-8,15-18,20,23-26H,3-4,9-10H2,1-2H3,(H,21,22)/t15-,16-,17+,18-,20-/m1/s1. The molecule has 8 nitrogen and oxygen atoms in total. The maximum atomic E-state index is 10.2. The van der Waals surface area contributed by atoms with Crippen LogP contribution in [0.15, 0.2) is 24.3 Å². The van der Waals surface area contributed by atoms with Crippen LogP contribution in [0.1, 0.15) is 35.7 Å². The summed E-state index contributed by atoms with van der Waals surface area (Å²) in [5.74, 6) is 0.250. The van der Waals surface area contributed by atoms with Gasteiger partial charge in [-0.25, -0.2) is 0 Å². The molecule has 8 heteroatoms.